The first-order chi connectivity index (χ1) is 9.06. The van der Waals surface area contributed by atoms with Crippen molar-refractivity contribution < 1.29 is 18.7 Å². The number of nitrogens with one attached hydrogen (secondary N) is 1. The lowest BCUT2D eigenvalue weighted by atomic mass is 9.82. The summed E-state index contributed by atoms with van der Waals surface area (Å²) >= 11 is 0. The summed E-state index contributed by atoms with van der Waals surface area (Å²) in [6, 6.07) is 3.32. The second-order valence-corrected chi connectivity index (χ2v) is 5.06. The summed E-state index contributed by atoms with van der Waals surface area (Å²) in [5.41, 5.74) is 0.167. The maximum atomic E-state index is 13.4. The standard InChI is InChI=1S/C14H17F2NO2/c15-11-5-6-12(16)13(7-11)17-8-9-1-3-10(4-2-9)14(18)19/h5-7,9-10,17H,1-4,8H2,(H,18,19). The Morgan fingerprint density at radius 2 is 1.95 bits per heavy atom. The number of anilines is 1. The van der Waals surface area contributed by atoms with E-state index in [2.05, 4.69) is 5.32 Å². The first-order valence-electron chi connectivity index (χ1n) is 6.48. The van der Waals surface area contributed by atoms with Gasteiger partial charge in [-0.05, 0) is 49.8 Å². The summed E-state index contributed by atoms with van der Waals surface area (Å²) in [4.78, 5) is 10.8. The second-order valence-electron chi connectivity index (χ2n) is 5.06. The van der Waals surface area contributed by atoms with E-state index < -0.39 is 17.6 Å². The molecule has 1 aliphatic carbocycles. The number of carboxylic acids is 1. The lowest BCUT2D eigenvalue weighted by Gasteiger charge is -2.26. The van der Waals surface area contributed by atoms with E-state index in [1.165, 1.54) is 0 Å². The van der Waals surface area contributed by atoms with Crippen LogP contribution in [-0.2, 0) is 4.79 Å². The van der Waals surface area contributed by atoms with E-state index in [4.69, 9.17) is 5.11 Å². The van der Waals surface area contributed by atoms with Crippen LogP contribution in [-0.4, -0.2) is 17.6 Å². The summed E-state index contributed by atoms with van der Waals surface area (Å²) < 4.78 is 26.4. The van der Waals surface area contributed by atoms with Crippen molar-refractivity contribution >= 4 is 11.7 Å². The van der Waals surface area contributed by atoms with Crippen molar-refractivity contribution in [1.82, 2.24) is 0 Å². The van der Waals surface area contributed by atoms with Crippen LogP contribution >= 0.6 is 0 Å². The largest absolute Gasteiger partial charge is 0.481 e. The molecule has 0 bridgehead atoms. The van der Waals surface area contributed by atoms with Crippen molar-refractivity contribution in [3.05, 3.63) is 29.8 Å². The van der Waals surface area contributed by atoms with Gasteiger partial charge >= 0.3 is 5.97 Å². The van der Waals surface area contributed by atoms with Gasteiger partial charge in [0.2, 0.25) is 0 Å². The highest BCUT2D eigenvalue weighted by Gasteiger charge is 2.25. The van der Waals surface area contributed by atoms with E-state index >= 15 is 0 Å². The Balaban J connectivity index is 1.83. The Bertz CT molecular complexity index is 457. The van der Waals surface area contributed by atoms with E-state index in [0.29, 0.717) is 25.3 Å². The fourth-order valence-corrected chi connectivity index (χ4v) is 2.50. The molecule has 1 aromatic rings. The molecule has 0 atom stereocenters. The van der Waals surface area contributed by atoms with Gasteiger partial charge < -0.3 is 10.4 Å². The molecule has 0 amide bonds. The molecular weight excluding hydrogens is 252 g/mol. The van der Waals surface area contributed by atoms with E-state index in [1.807, 2.05) is 0 Å². The van der Waals surface area contributed by atoms with Crippen molar-refractivity contribution in [3.63, 3.8) is 0 Å². The van der Waals surface area contributed by atoms with Gasteiger partial charge in [0.1, 0.15) is 11.6 Å². The van der Waals surface area contributed by atoms with E-state index in [-0.39, 0.29) is 11.6 Å². The Morgan fingerprint density at radius 1 is 1.26 bits per heavy atom. The van der Waals surface area contributed by atoms with Crippen LogP contribution in [0.2, 0.25) is 0 Å². The summed E-state index contributed by atoms with van der Waals surface area (Å²) in [7, 11) is 0. The molecule has 5 heteroatoms. The number of hydrogen-bond donors (Lipinski definition) is 2. The average molecular weight is 269 g/mol. The zero-order valence-corrected chi connectivity index (χ0v) is 10.5. The average Bonchev–Trinajstić information content (AvgIpc) is 2.40. The normalized spacial score (nSPS) is 23.1. The number of hydrogen-bond acceptors (Lipinski definition) is 2. The van der Waals surface area contributed by atoms with Crippen LogP contribution in [0.25, 0.3) is 0 Å². The highest BCUT2D eigenvalue weighted by Crippen LogP contribution is 2.29. The van der Waals surface area contributed by atoms with E-state index in [9.17, 15) is 13.6 Å². The van der Waals surface area contributed by atoms with Crippen molar-refractivity contribution in [2.24, 2.45) is 11.8 Å². The molecule has 1 aliphatic rings. The molecule has 0 aromatic heterocycles. The third-order valence-electron chi connectivity index (χ3n) is 3.71. The third-order valence-corrected chi connectivity index (χ3v) is 3.71. The number of carbonyl (C=O) groups is 1. The van der Waals surface area contributed by atoms with Gasteiger partial charge in [-0.1, -0.05) is 0 Å². The van der Waals surface area contributed by atoms with Gasteiger partial charge in [0.25, 0.3) is 0 Å². The molecule has 1 fully saturated rings. The molecule has 1 aromatic carbocycles. The van der Waals surface area contributed by atoms with Gasteiger partial charge in [-0.25, -0.2) is 8.78 Å². The lowest BCUT2D eigenvalue weighted by molar-refractivity contribution is -0.143. The number of aliphatic carboxylic acids is 1. The van der Waals surface area contributed by atoms with Crippen LogP contribution in [0.15, 0.2) is 18.2 Å². The Kier molecular flexibility index (Phi) is 4.35. The zero-order chi connectivity index (χ0) is 13.8. The van der Waals surface area contributed by atoms with Crippen molar-refractivity contribution in [2.45, 2.75) is 25.7 Å². The molecule has 2 N–H and O–H groups in total. The molecule has 19 heavy (non-hydrogen) atoms. The quantitative estimate of drug-likeness (QED) is 0.882. The zero-order valence-electron chi connectivity index (χ0n) is 10.5. The number of benzene rings is 1. The molecule has 104 valence electrons. The molecule has 2 rings (SSSR count). The minimum absolute atomic E-state index is 0.167. The maximum Gasteiger partial charge on any atom is 0.306 e. The van der Waals surface area contributed by atoms with Crippen LogP contribution in [0.3, 0.4) is 0 Å². The lowest BCUT2D eigenvalue weighted by Crippen LogP contribution is -2.25. The van der Waals surface area contributed by atoms with E-state index in [0.717, 1.165) is 31.0 Å². The summed E-state index contributed by atoms with van der Waals surface area (Å²) in [6.45, 7) is 0.548. The van der Waals surface area contributed by atoms with Crippen LogP contribution in [0, 0.1) is 23.5 Å². The first-order valence-corrected chi connectivity index (χ1v) is 6.48. The van der Waals surface area contributed by atoms with Gasteiger partial charge in [-0.3, -0.25) is 4.79 Å². The van der Waals surface area contributed by atoms with Crippen LogP contribution in [0.4, 0.5) is 14.5 Å². The molecule has 0 unspecified atom stereocenters. The second kappa shape index (κ2) is 5.99. The molecule has 0 heterocycles. The molecule has 0 spiro atoms. The Labute approximate surface area is 110 Å². The molecular formula is C14H17F2NO2. The predicted molar refractivity (Wildman–Crippen MR) is 67.9 cm³/mol. The first kappa shape index (κ1) is 13.8. The minimum Gasteiger partial charge on any atom is -0.481 e. The summed E-state index contributed by atoms with van der Waals surface area (Å²) in [5.74, 6) is -1.61. The molecule has 3 nitrogen and oxygen atoms in total. The minimum atomic E-state index is -0.734. The number of halogens is 2. The third kappa shape index (κ3) is 3.66. The SMILES string of the molecule is O=C(O)C1CCC(CNc2cc(F)ccc2F)CC1. The predicted octanol–water partition coefficient (Wildman–Crippen LogP) is 3.27. The monoisotopic (exact) mass is 269 g/mol. The van der Waals surface area contributed by atoms with E-state index in [1.54, 1.807) is 0 Å². The van der Waals surface area contributed by atoms with Crippen molar-refractivity contribution in [2.75, 3.05) is 11.9 Å². The van der Waals surface area contributed by atoms with Gasteiger partial charge in [0.05, 0.1) is 11.6 Å². The summed E-state index contributed by atoms with van der Waals surface area (Å²) in [6.07, 6.45) is 2.93. The number of rotatable bonds is 4. The Morgan fingerprint density at radius 3 is 2.58 bits per heavy atom. The summed E-state index contributed by atoms with van der Waals surface area (Å²) in [5, 5.41) is 11.8. The van der Waals surface area contributed by atoms with Gasteiger partial charge in [-0.15, -0.1) is 0 Å². The van der Waals surface area contributed by atoms with Gasteiger partial charge in [0, 0.05) is 6.54 Å². The maximum absolute atomic E-state index is 13.4. The molecule has 0 aliphatic heterocycles. The highest BCUT2D eigenvalue weighted by molar-refractivity contribution is 5.70. The molecule has 0 saturated heterocycles. The molecule has 1 saturated carbocycles. The van der Waals surface area contributed by atoms with Gasteiger partial charge in [-0.2, -0.15) is 0 Å². The smallest absolute Gasteiger partial charge is 0.306 e. The fourth-order valence-electron chi connectivity index (χ4n) is 2.50. The van der Waals surface area contributed by atoms with Crippen molar-refractivity contribution in [3.8, 4) is 0 Å². The molecule has 0 radical (unpaired) electrons. The van der Waals surface area contributed by atoms with Crippen LogP contribution in [0.1, 0.15) is 25.7 Å². The fraction of sp³-hybridized carbons (Fsp3) is 0.500. The topological polar surface area (TPSA) is 49.3 Å². The van der Waals surface area contributed by atoms with Crippen LogP contribution in [0.5, 0.6) is 0 Å². The van der Waals surface area contributed by atoms with Gasteiger partial charge in [0.15, 0.2) is 0 Å². The Hall–Kier alpha value is -1.65. The van der Waals surface area contributed by atoms with Crippen LogP contribution < -0.4 is 5.32 Å². The highest BCUT2D eigenvalue weighted by atomic mass is 19.1. The number of carboxylic acid groups (broad SMARTS) is 1. The van der Waals surface area contributed by atoms with Crippen molar-refractivity contribution in [1.29, 1.82) is 0 Å².